The van der Waals surface area contributed by atoms with Crippen LogP contribution in [0, 0.1) is 6.92 Å². The maximum absolute atomic E-state index is 13.0. The molecule has 1 saturated heterocycles. The van der Waals surface area contributed by atoms with Crippen LogP contribution in [0.2, 0.25) is 0 Å². The van der Waals surface area contributed by atoms with Gasteiger partial charge in [-0.2, -0.15) is 9.40 Å². The predicted molar refractivity (Wildman–Crippen MR) is 108 cm³/mol. The van der Waals surface area contributed by atoms with Crippen LogP contribution in [0.25, 0.3) is 5.82 Å². The third-order valence-electron chi connectivity index (χ3n) is 4.81. The molecule has 1 aliphatic heterocycles. The first-order valence-electron chi connectivity index (χ1n) is 9.59. The van der Waals surface area contributed by atoms with Gasteiger partial charge in [0, 0.05) is 44.6 Å². The second kappa shape index (κ2) is 8.39. The van der Waals surface area contributed by atoms with E-state index in [1.54, 1.807) is 36.1 Å². The van der Waals surface area contributed by atoms with Gasteiger partial charge in [0.2, 0.25) is 10.0 Å². The van der Waals surface area contributed by atoms with E-state index in [1.165, 1.54) is 12.1 Å². The average molecular weight is 468 g/mol. The summed E-state index contributed by atoms with van der Waals surface area (Å²) in [5.41, 5.74) is 0. The number of benzene rings is 1. The number of para-hydroxylation sites is 1. The summed E-state index contributed by atoms with van der Waals surface area (Å²) < 4.78 is 70.8. The Kier molecular flexibility index (Phi) is 5.77. The molecule has 2 aromatic heterocycles. The third kappa shape index (κ3) is 4.67. The van der Waals surface area contributed by atoms with Gasteiger partial charge in [-0.1, -0.05) is 12.1 Å². The molecule has 1 aliphatic rings. The van der Waals surface area contributed by atoms with Crippen LogP contribution in [0.15, 0.2) is 53.7 Å². The van der Waals surface area contributed by atoms with E-state index in [2.05, 4.69) is 19.8 Å². The molecule has 4 rings (SSSR count). The summed E-state index contributed by atoms with van der Waals surface area (Å²) in [5.74, 6) is 0.964. The van der Waals surface area contributed by atoms with E-state index < -0.39 is 27.0 Å². The Bertz CT molecular complexity index is 1190. The van der Waals surface area contributed by atoms with Crippen LogP contribution in [-0.2, 0) is 10.0 Å². The number of piperazine rings is 1. The van der Waals surface area contributed by atoms with Crippen molar-refractivity contribution < 1.29 is 26.3 Å². The van der Waals surface area contributed by atoms with Crippen molar-refractivity contribution >= 4 is 15.8 Å². The fraction of sp³-hybridized carbons (Fsp3) is 0.316. The lowest BCUT2D eigenvalue weighted by Crippen LogP contribution is -2.49. The monoisotopic (exact) mass is 468 g/mol. The molecule has 0 unspecified atom stereocenters. The van der Waals surface area contributed by atoms with E-state index in [4.69, 9.17) is 0 Å². The van der Waals surface area contributed by atoms with Crippen molar-refractivity contribution in [2.24, 2.45) is 0 Å². The first-order chi connectivity index (χ1) is 15.1. The van der Waals surface area contributed by atoms with Gasteiger partial charge in [-0.05, 0) is 25.1 Å². The second-order valence-corrected chi connectivity index (χ2v) is 8.87. The number of ether oxygens (including phenoxy) is 1. The van der Waals surface area contributed by atoms with Crippen LogP contribution in [0.5, 0.6) is 5.75 Å². The molecule has 0 aliphatic carbocycles. The van der Waals surface area contributed by atoms with Crippen molar-refractivity contribution in [2.45, 2.75) is 18.2 Å². The Morgan fingerprint density at radius 2 is 1.69 bits per heavy atom. The number of aromatic nitrogens is 4. The number of sulfonamides is 1. The summed E-state index contributed by atoms with van der Waals surface area (Å²) in [4.78, 5) is 10.2. The Morgan fingerprint density at radius 1 is 1.00 bits per heavy atom. The predicted octanol–water partition coefficient (Wildman–Crippen LogP) is 2.38. The summed E-state index contributed by atoms with van der Waals surface area (Å²) in [6.45, 7) is 2.49. The molecule has 0 bridgehead atoms. The molecule has 0 atom stereocenters. The number of rotatable bonds is 5. The minimum Gasteiger partial charge on any atom is -0.404 e. The van der Waals surface area contributed by atoms with Crippen molar-refractivity contribution in [3.8, 4) is 11.6 Å². The van der Waals surface area contributed by atoms with Crippen LogP contribution < -0.4 is 9.64 Å². The third-order valence-corrected chi connectivity index (χ3v) is 6.74. The molecule has 13 heteroatoms. The normalized spacial score (nSPS) is 15.7. The molecule has 0 spiro atoms. The van der Waals surface area contributed by atoms with E-state index in [1.807, 2.05) is 4.90 Å². The Balaban J connectivity index is 1.52. The van der Waals surface area contributed by atoms with Gasteiger partial charge in [0.25, 0.3) is 0 Å². The smallest absolute Gasteiger partial charge is 0.404 e. The van der Waals surface area contributed by atoms with Crippen molar-refractivity contribution in [2.75, 3.05) is 31.1 Å². The lowest BCUT2D eigenvalue weighted by atomic mass is 10.3. The van der Waals surface area contributed by atoms with Crippen molar-refractivity contribution in [1.29, 1.82) is 0 Å². The zero-order valence-electron chi connectivity index (χ0n) is 16.9. The molecule has 170 valence electrons. The fourth-order valence-electron chi connectivity index (χ4n) is 3.39. The van der Waals surface area contributed by atoms with Gasteiger partial charge in [0.05, 0.1) is 0 Å². The Morgan fingerprint density at radius 3 is 2.34 bits per heavy atom. The zero-order valence-corrected chi connectivity index (χ0v) is 17.7. The molecule has 9 nitrogen and oxygen atoms in total. The topological polar surface area (TPSA) is 93.5 Å². The molecule has 0 saturated carbocycles. The molecule has 0 radical (unpaired) electrons. The summed E-state index contributed by atoms with van der Waals surface area (Å²) >= 11 is 0. The maximum Gasteiger partial charge on any atom is 0.573 e. The highest BCUT2D eigenvalue weighted by Crippen LogP contribution is 2.32. The SMILES string of the molecule is Cc1nc(N2CCN(S(=O)(=O)c3ccccc3OC(F)(F)F)CC2)cc(-n2cccn2)n1. The van der Waals surface area contributed by atoms with Crippen LogP contribution in [0.4, 0.5) is 19.0 Å². The minimum atomic E-state index is -5.00. The zero-order chi connectivity index (χ0) is 22.9. The standard InChI is InChI=1S/C19H19F3N6O3S/c1-14-24-17(13-18(25-14)28-8-4-7-23-28)26-9-11-27(12-10-26)32(29,30)16-6-3-2-5-15(16)31-19(20,21)22/h2-8,13H,9-12H2,1H3. The van der Waals surface area contributed by atoms with Crippen LogP contribution in [0.3, 0.4) is 0 Å². The Hall–Kier alpha value is -3.19. The first kappa shape index (κ1) is 22.0. The molecule has 3 aromatic rings. The van der Waals surface area contributed by atoms with E-state index in [-0.39, 0.29) is 13.1 Å². The second-order valence-electron chi connectivity index (χ2n) is 6.97. The summed E-state index contributed by atoms with van der Waals surface area (Å²) in [7, 11) is -4.19. The molecule has 0 N–H and O–H groups in total. The van der Waals surface area contributed by atoms with Gasteiger partial charge >= 0.3 is 6.36 Å². The van der Waals surface area contributed by atoms with Gasteiger partial charge in [-0.3, -0.25) is 0 Å². The highest BCUT2D eigenvalue weighted by Gasteiger charge is 2.36. The van der Waals surface area contributed by atoms with E-state index >= 15 is 0 Å². The van der Waals surface area contributed by atoms with Crippen LogP contribution in [-0.4, -0.2) is 65.0 Å². The first-order valence-corrected chi connectivity index (χ1v) is 11.0. The van der Waals surface area contributed by atoms with Gasteiger partial charge in [0.15, 0.2) is 5.82 Å². The number of anilines is 1. The number of hydrogen-bond acceptors (Lipinski definition) is 7. The summed E-state index contributed by atoms with van der Waals surface area (Å²) in [6, 6.07) is 8.24. The number of hydrogen-bond donors (Lipinski definition) is 0. The highest BCUT2D eigenvalue weighted by molar-refractivity contribution is 7.89. The molecule has 32 heavy (non-hydrogen) atoms. The summed E-state index contributed by atoms with van der Waals surface area (Å²) in [5, 5.41) is 4.15. The highest BCUT2D eigenvalue weighted by atomic mass is 32.2. The molecule has 3 heterocycles. The molecular weight excluding hydrogens is 449 g/mol. The van der Waals surface area contributed by atoms with Crippen LogP contribution in [0.1, 0.15) is 5.82 Å². The molecule has 1 fully saturated rings. The molecular formula is C19H19F3N6O3S. The quantitative estimate of drug-likeness (QED) is 0.568. The van der Waals surface area contributed by atoms with E-state index in [0.29, 0.717) is 30.5 Å². The largest absolute Gasteiger partial charge is 0.573 e. The maximum atomic E-state index is 13.0. The van der Waals surface area contributed by atoms with Crippen molar-refractivity contribution in [1.82, 2.24) is 24.1 Å². The van der Waals surface area contributed by atoms with Gasteiger partial charge in [-0.25, -0.2) is 23.1 Å². The van der Waals surface area contributed by atoms with Gasteiger partial charge in [0.1, 0.15) is 22.3 Å². The molecule has 0 amide bonds. The summed E-state index contributed by atoms with van der Waals surface area (Å²) in [6.07, 6.45) is -1.63. The number of nitrogens with zero attached hydrogens (tertiary/aromatic N) is 6. The van der Waals surface area contributed by atoms with E-state index in [9.17, 15) is 21.6 Å². The fourth-order valence-corrected chi connectivity index (χ4v) is 4.93. The number of alkyl halides is 3. The lowest BCUT2D eigenvalue weighted by molar-refractivity contribution is -0.275. The number of halogens is 3. The van der Waals surface area contributed by atoms with Gasteiger partial charge < -0.3 is 9.64 Å². The minimum absolute atomic E-state index is 0.0723. The number of aryl methyl sites for hydroxylation is 1. The van der Waals surface area contributed by atoms with Gasteiger partial charge in [-0.15, -0.1) is 13.2 Å². The Labute approximate surface area is 182 Å². The van der Waals surface area contributed by atoms with Crippen molar-refractivity contribution in [3.63, 3.8) is 0 Å². The lowest BCUT2D eigenvalue weighted by Gasteiger charge is -2.35. The molecule has 1 aromatic carbocycles. The van der Waals surface area contributed by atoms with Crippen LogP contribution >= 0.6 is 0 Å². The average Bonchev–Trinajstić information content (AvgIpc) is 3.27. The van der Waals surface area contributed by atoms with Crippen molar-refractivity contribution in [3.05, 3.63) is 54.6 Å². The van der Waals surface area contributed by atoms with E-state index in [0.717, 1.165) is 16.4 Å².